The Morgan fingerprint density at radius 1 is 1.16 bits per heavy atom. The highest BCUT2D eigenvalue weighted by Crippen LogP contribution is 2.72. The Labute approximate surface area is 115 Å². The van der Waals surface area contributed by atoms with E-state index in [4.69, 9.17) is 9.47 Å². The molecule has 0 radical (unpaired) electrons. The smallest absolute Gasteiger partial charge is 0.172 e. The lowest BCUT2D eigenvalue weighted by Crippen LogP contribution is -2.76. The Morgan fingerprint density at radius 3 is 2.53 bits per heavy atom. The van der Waals surface area contributed by atoms with E-state index in [1.165, 1.54) is 0 Å². The van der Waals surface area contributed by atoms with Gasteiger partial charge in [-0.25, -0.2) is 0 Å². The summed E-state index contributed by atoms with van der Waals surface area (Å²) in [6, 6.07) is 0. The minimum Gasteiger partial charge on any atom is -0.388 e. The lowest BCUT2D eigenvalue weighted by atomic mass is 9.36. The molecule has 1 spiro atoms. The summed E-state index contributed by atoms with van der Waals surface area (Å²) < 4.78 is 12.1. The molecule has 4 aliphatic carbocycles. The van der Waals surface area contributed by atoms with Crippen LogP contribution in [0, 0.1) is 22.7 Å². The van der Waals surface area contributed by atoms with Crippen molar-refractivity contribution >= 4 is 0 Å². The van der Waals surface area contributed by atoms with Gasteiger partial charge in [-0.3, -0.25) is 0 Å². The molecule has 106 valence electrons. The van der Waals surface area contributed by atoms with Crippen molar-refractivity contribution < 1.29 is 14.6 Å². The molecule has 1 saturated heterocycles. The number of allylic oxidation sites excluding steroid dienone is 1. The Kier molecular flexibility index (Phi) is 2.12. The highest BCUT2D eigenvalue weighted by atomic mass is 16.7. The standard InChI is InChI=1S/C16H24O3/c1-13(2)12-9-11-5-4-6-16(13,17)14(11,3)10-15(12)18-7-8-19-15/h4-5,11-12,17H,6-10H2,1-3H3/t11-,12-,14-,16-/m1/s1. The Morgan fingerprint density at radius 2 is 1.84 bits per heavy atom. The second-order valence-electron chi connectivity index (χ2n) is 7.71. The van der Waals surface area contributed by atoms with Gasteiger partial charge in [-0.2, -0.15) is 0 Å². The van der Waals surface area contributed by atoms with Crippen molar-refractivity contribution in [3.8, 4) is 0 Å². The number of hydrogen-bond donors (Lipinski definition) is 1. The van der Waals surface area contributed by atoms with Gasteiger partial charge in [-0.15, -0.1) is 0 Å². The van der Waals surface area contributed by atoms with Gasteiger partial charge in [-0.1, -0.05) is 32.9 Å². The van der Waals surface area contributed by atoms with Crippen LogP contribution in [-0.4, -0.2) is 29.7 Å². The van der Waals surface area contributed by atoms with Gasteiger partial charge < -0.3 is 14.6 Å². The predicted octanol–water partition coefficient (Wildman–Crippen LogP) is 2.49. The van der Waals surface area contributed by atoms with Gasteiger partial charge in [0.25, 0.3) is 0 Å². The van der Waals surface area contributed by atoms with E-state index in [2.05, 4.69) is 32.9 Å². The van der Waals surface area contributed by atoms with Gasteiger partial charge in [0.05, 0.1) is 18.8 Å². The van der Waals surface area contributed by atoms with Crippen molar-refractivity contribution in [2.45, 2.75) is 51.4 Å². The number of ether oxygens (including phenoxy) is 2. The first-order chi connectivity index (χ1) is 8.86. The summed E-state index contributed by atoms with van der Waals surface area (Å²) in [5.74, 6) is 0.304. The maximum absolute atomic E-state index is 11.5. The van der Waals surface area contributed by atoms with Crippen LogP contribution < -0.4 is 0 Å². The fourth-order valence-electron chi connectivity index (χ4n) is 5.75. The lowest BCUT2D eigenvalue weighted by Gasteiger charge is -2.72. The van der Waals surface area contributed by atoms with Crippen molar-refractivity contribution in [1.29, 1.82) is 0 Å². The van der Waals surface area contributed by atoms with Crippen LogP contribution >= 0.6 is 0 Å². The molecule has 4 fully saturated rings. The van der Waals surface area contributed by atoms with Crippen LogP contribution in [0.4, 0.5) is 0 Å². The molecule has 3 saturated carbocycles. The molecule has 19 heavy (non-hydrogen) atoms. The zero-order valence-corrected chi connectivity index (χ0v) is 12.1. The van der Waals surface area contributed by atoms with Gasteiger partial charge in [0.2, 0.25) is 0 Å². The molecule has 0 aromatic carbocycles. The second-order valence-corrected chi connectivity index (χ2v) is 7.71. The third kappa shape index (κ3) is 1.13. The summed E-state index contributed by atoms with van der Waals surface area (Å²) in [5, 5.41) is 11.5. The Bertz CT molecular complexity index is 449. The summed E-state index contributed by atoms with van der Waals surface area (Å²) in [7, 11) is 0. The van der Waals surface area contributed by atoms with Crippen molar-refractivity contribution in [3.63, 3.8) is 0 Å². The monoisotopic (exact) mass is 264 g/mol. The largest absolute Gasteiger partial charge is 0.388 e. The maximum Gasteiger partial charge on any atom is 0.172 e. The molecule has 0 aromatic rings. The minimum atomic E-state index is -0.636. The van der Waals surface area contributed by atoms with Gasteiger partial charge in [0.15, 0.2) is 5.79 Å². The summed E-state index contributed by atoms with van der Waals surface area (Å²) in [5.41, 5.74) is -0.946. The Balaban J connectivity index is 1.90. The van der Waals surface area contributed by atoms with E-state index in [-0.39, 0.29) is 16.7 Å². The highest BCUT2D eigenvalue weighted by Gasteiger charge is 2.75. The third-order valence-corrected chi connectivity index (χ3v) is 6.89. The summed E-state index contributed by atoms with van der Waals surface area (Å²) >= 11 is 0. The molecular formula is C16H24O3. The van der Waals surface area contributed by atoms with Crippen molar-refractivity contribution in [3.05, 3.63) is 12.2 Å². The van der Waals surface area contributed by atoms with Crippen molar-refractivity contribution in [2.75, 3.05) is 13.2 Å². The van der Waals surface area contributed by atoms with Crippen LogP contribution in [-0.2, 0) is 9.47 Å². The van der Waals surface area contributed by atoms with Crippen LogP contribution in [0.2, 0.25) is 0 Å². The second kappa shape index (κ2) is 3.26. The van der Waals surface area contributed by atoms with Crippen molar-refractivity contribution in [2.24, 2.45) is 22.7 Å². The predicted molar refractivity (Wildman–Crippen MR) is 71.4 cm³/mol. The van der Waals surface area contributed by atoms with Crippen LogP contribution in [0.3, 0.4) is 0 Å². The summed E-state index contributed by atoms with van der Waals surface area (Å²) in [4.78, 5) is 0. The lowest BCUT2D eigenvalue weighted by molar-refractivity contribution is -0.365. The van der Waals surface area contributed by atoms with Gasteiger partial charge in [-0.05, 0) is 18.8 Å². The average molecular weight is 264 g/mol. The van der Waals surface area contributed by atoms with E-state index >= 15 is 0 Å². The van der Waals surface area contributed by atoms with Crippen LogP contribution in [0.5, 0.6) is 0 Å². The zero-order valence-electron chi connectivity index (χ0n) is 12.1. The third-order valence-electron chi connectivity index (χ3n) is 6.89. The van der Waals surface area contributed by atoms with Crippen LogP contribution in [0.15, 0.2) is 12.2 Å². The van der Waals surface area contributed by atoms with Gasteiger partial charge in [0.1, 0.15) is 0 Å². The fourth-order valence-corrected chi connectivity index (χ4v) is 5.75. The normalized spacial score (nSPS) is 52.8. The van der Waals surface area contributed by atoms with Crippen LogP contribution in [0.25, 0.3) is 0 Å². The highest BCUT2D eigenvalue weighted by molar-refractivity contribution is 5.28. The Hall–Kier alpha value is -0.380. The number of rotatable bonds is 0. The first-order valence-corrected chi connectivity index (χ1v) is 7.53. The molecule has 3 heteroatoms. The molecule has 1 aliphatic heterocycles. The molecule has 5 rings (SSSR count). The summed E-state index contributed by atoms with van der Waals surface area (Å²) in [6.45, 7) is 8.04. The molecule has 4 atom stereocenters. The molecule has 0 unspecified atom stereocenters. The van der Waals surface area contributed by atoms with Crippen LogP contribution in [0.1, 0.15) is 40.0 Å². The molecule has 1 heterocycles. The molecule has 3 nitrogen and oxygen atoms in total. The zero-order chi connectivity index (χ0) is 13.5. The number of aliphatic hydroxyl groups is 1. The molecule has 5 aliphatic rings. The minimum absolute atomic E-state index is 0.135. The molecule has 4 bridgehead atoms. The van der Waals surface area contributed by atoms with E-state index < -0.39 is 11.4 Å². The summed E-state index contributed by atoms with van der Waals surface area (Å²) in [6.07, 6.45) is 7.17. The van der Waals surface area contributed by atoms with E-state index in [0.717, 1.165) is 19.3 Å². The first-order valence-electron chi connectivity index (χ1n) is 7.53. The number of hydrogen-bond acceptors (Lipinski definition) is 3. The average Bonchev–Trinajstić information content (AvgIpc) is 2.76. The SMILES string of the molecule is CC1(C)[C@H]2C[C@H]3C=CC[C@]1(O)[C@]3(C)CC21OCCO1. The topological polar surface area (TPSA) is 38.7 Å². The molecule has 0 aromatic heterocycles. The molecular weight excluding hydrogens is 240 g/mol. The maximum atomic E-state index is 11.5. The quantitative estimate of drug-likeness (QED) is 0.683. The first kappa shape index (κ1) is 12.4. The van der Waals surface area contributed by atoms with E-state index in [1.807, 2.05) is 0 Å². The van der Waals surface area contributed by atoms with Gasteiger partial charge in [0, 0.05) is 23.2 Å². The van der Waals surface area contributed by atoms with E-state index in [1.54, 1.807) is 0 Å². The molecule has 0 amide bonds. The fraction of sp³-hybridized carbons (Fsp3) is 0.875. The van der Waals surface area contributed by atoms with Crippen molar-refractivity contribution in [1.82, 2.24) is 0 Å². The van der Waals surface area contributed by atoms with E-state index in [0.29, 0.717) is 19.1 Å². The van der Waals surface area contributed by atoms with Gasteiger partial charge >= 0.3 is 0 Å². The molecule has 1 N–H and O–H groups in total. The van der Waals surface area contributed by atoms with E-state index in [9.17, 15) is 5.11 Å².